The second-order valence-electron chi connectivity index (χ2n) is 3.67. The van der Waals surface area contributed by atoms with E-state index in [2.05, 4.69) is 4.98 Å². The van der Waals surface area contributed by atoms with Crippen LogP contribution in [0, 0.1) is 0 Å². The topological polar surface area (TPSA) is 84.1 Å². The first kappa shape index (κ1) is 11.5. The maximum absolute atomic E-state index is 11.4. The second kappa shape index (κ2) is 4.79. The molecule has 0 radical (unpaired) electrons. The summed E-state index contributed by atoms with van der Waals surface area (Å²) in [4.78, 5) is 26.4. The third-order valence-electron chi connectivity index (χ3n) is 2.05. The van der Waals surface area contributed by atoms with E-state index in [-0.39, 0.29) is 5.82 Å². The van der Waals surface area contributed by atoms with E-state index in [9.17, 15) is 9.59 Å². The van der Waals surface area contributed by atoms with Gasteiger partial charge in [-0.1, -0.05) is 0 Å². The van der Waals surface area contributed by atoms with Crippen LogP contribution >= 0.6 is 0 Å². The van der Waals surface area contributed by atoms with E-state index < -0.39 is 11.2 Å². The van der Waals surface area contributed by atoms with Crippen molar-refractivity contribution in [2.75, 3.05) is 26.4 Å². The minimum absolute atomic E-state index is 0.211. The maximum atomic E-state index is 11.4. The summed E-state index contributed by atoms with van der Waals surface area (Å²) >= 11 is 0. The Morgan fingerprint density at radius 1 is 1.47 bits per heavy atom. The van der Waals surface area contributed by atoms with Crippen molar-refractivity contribution in [3.05, 3.63) is 26.9 Å². The van der Waals surface area contributed by atoms with E-state index in [0.29, 0.717) is 6.54 Å². The number of H-pyrrole nitrogens is 1. The van der Waals surface area contributed by atoms with Crippen molar-refractivity contribution in [1.29, 1.82) is 0 Å². The molecule has 0 aliphatic heterocycles. The van der Waals surface area contributed by atoms with Gasteiger partial charge in [-0.2, -0.15) is 0 Å². The predicted molar refractivity (Wildman–Crippen MR) is 58.9 cm³/mol. The molecule has 0 amide bonds. The summed E-state index contributed by atoms with van der Waals surface area (Å²) in [7, 11) is 3.91. The Morgan fingerprint density at radius 3 is 2.67 bits per heavy atom. The highest BCUT2D eigenvalue weighted by atomic mass is 16.2. The number of nitrogens with zero attached hydrogens (tertiary/aromatic N) is 2. The molecular formula is C9H16N4O2. The SMILES string of the molecule is CN(C)CCCn1c(N)cc(=O)[nH]c1=O. The number of hydrogen-bond acceptors (Lipinski definition) is 4. The third-order valence-corrected chi connectivity index (χ3v) is 2.05. The molecule has 0 aromatic carbocycles. The summed E-state index contributed by atoms with van der Waals surface area (Å²) in [6.07, 6.45) is 0.809. The normalized spacial score (nSPS) is 10.9. The average molecular weight is 212 g/mol. The summed E-state index contributed by atoms with van der Waals surface area (Å²) in [5.41, 5.74) is 4.67. The predicted octanol–water partition coefficient (Wildman–Crippen LogP) is -0.929. The van der Waals surface area contributed by atoms with Crippen LogP contribution in [0.5, 0.6) is 0 Å². The van der Waals surface area contributed by atoms with E-state index in [1.54, 1.807) is 0 Å². The molecule has 0 saturated heterocycles. The lowest BCUT2D eigenvalue weighted by molar-refractivity contribution is 0.384. The minimum atomic E-state index is -0.457. The zero-order valence-electron chi connectivity index (χ0n) is 8.99. The molecule has 0 aliphatic carbocycles. The van der Waals surface area contributed by atoms with Gasteiger partial charge in [0.25, 0.3) is 5.56 Å². The van der Waals surface area contributed by atoms with Gasteiger partial charge in [0.2, 0.25) is 0 Å². The summed E-state index contributed by atoms with van der Waals surface area (Å²) in [6.45, 7) is 1.38. The molecule has 1 heterocycles. The Labute approximate surface area is 87.3 Å². The van der Waals surface area contributed by atoms with Crippen molar-refractivity contribution >= 4 is 5.82 Å². The molecule has 0 fully saturated rings. The molecule has 0 saturated carbocycles. The summed E-state index contributed by atoms with van der Waals surface area (Å²) in [6, 6.07) is 1.22. The lowest BCUT2D eigenvalue weighted by Gasteiger charge is -2.11. The average Bonchev–Trinajstić information content (AvgIpc) is 2.08. The number of nitrogens with one attached hydrogen (secondary N) is 1. The van der Waals surface area contributed by atoms with Crippen LogP contribution in [0.2, 0.25) is 0 Å². The standard InChI is InChI=1S/C9H16N4O2/c1-12(2)4-3-5-13-7(10)6-8(14)11-9(13)15/h6H,3-5,10H2,1-2H3,(H,11,14,15). The van der Waals surface area contributed by atoms with Gasteiger partial charge in [0.05, 0.1) is 0 Å². The van der Waals surface area contributed by atoms with Crippen LogP contribution in [-0.4, -0.2) is 35.1 Å². The summed E-state index contributed by atoms with van der Waals surface area (Å²) < 4.78 is 1.37. The Bertz CT molecular complexity index is 432. The fraction of sp³-hybridized carbons (Fsp3) is 0.556. The molecule has 0 spiro atoms. The Hall–Kier alpha value is -1.56. The van der Waals surface area contributed by atoms with Gasteiger partial charge in [-0.3, -0.25) is 14.3 Å². The molecule has 0 bridgehead atoms. The van der Waals surface area contributed by atoms with Crippen molar-refractivity contribution in [3.8, 4) is 0 Å². The maximum Gasteiger partial charge on any atom is 0.329 e. The van der Waals surface area contributed by atoms with Gasteiger partial charge in [-0.25, -0.2) is 4.79 Å². The van der Waals surface area contributed by atoms with Gasteiger partial charge in [-0.05, 0) is 27.1 Å². The molecule has 3 N–H and O–H groups in total. The van der Waals surface area contributed by atoms with Crippen molar-refractivity contribution in [3.63, 3.8) is 0 Å². The third kappa shape index (κ3) is 3.25. The van der Waals surface area contributed by atoms with Crippen molar-refractivity contribution < 1.29 is 0 Å². The molecule has 1 rings (SSSR count). The van der Waals surface area contributed by atoms with E-state index in [4.69, 9.17) is 5.73 Å². The second-order valence-corrected chi connectivity index (χ2v) is 3.67. The first-order chi connectivity index (χ1) is 7.00. The van der Waals surface area contributed by atoms with Gasteiger partial charge in [0.15, 0.2) is 0 Å². The number of rotatable bonds is 4. The number of aromatic amines is 1. The highest BCUT2D eigenvalue weighted by molar-refractivity contribution is 5.25. The van der Waals surface area contributed by atoms with E-state index >= 15 is 0 Å². The zero-order chi connectivity index (χ0) is 11.4. The van der Waals surface area contributed by atoms with Gasteiger partial charge in [0.1, 0.15) is 5.82 Å². The molecule has 6 heteroatoms. The van der Waals surface area contributed by atoms with Crippen LogP contribution < -0.4 is 17.0 Å². The smallest absolute Gasteiger partial charge is 0.329 e. The Balaban J connectivity index is 2.77. The van der Waals surface area contributed by atoms with Crippen LogP contribution in [0.25, 0.3) is 0 Å². The van der Waals surface area contributed by atoms with Gasteiger partial charge in [-0.15, -0.1) is 0 Å². The Kier molecular flexibility index (Phi) is 3.68. The minimum Gasteiger partial charge on any atom is -0.385 e. The molecule has 0 unspecified atom stereocenters. The lowest BCUT2D eigenvalue weighted by atomic mass is 10.4. The number of nitrogens with two attached hydrogens (primary N) is 1. The molecular weight excluding hydrogens is 196 g/mol. The van der Waals surface area contributed by atoms with Gasteiger partial charge in [0, 0.05) is 12.6 Å². The number of aromatic nitrogens is 2. The number of hydrogen-bond donors (Lipinski definition) is 2. The van der Waals surface area contributed by atoms with Crippen LogP contribution in [-0.2, 0) is 6.54 Å². The van der Waals surface area contributed by atoms with Crippen molar-refractivity contribution in [2.45, 2.75) is 13.0 Å². The fourth-order valence-corrected chi connectivity index (χ4v) is 1.31. The van der Waals surface area contributed by atoms with E-state index in [0.717, 1.165) is 13.0 Å². The highest BCUT2D eigenvalue weighted by Gasteiger charge is 2.02. The monoisotopic (exact) mass is 212 g/mol. The van der Waals surface area contributed by atoms with Crippen LogP contribution in [0.15, 0.2) is 15.7 Å². The lowest BCUT2D eigenvalue weighted by Crippen LogP contribution is -2.32. The number of anilines is 1. The number of nitrogen functional groups attached to an aromatic ring is 1. The van der Waals surface area contributed by atoms with Crippen molar-refractivity contribution in [2.24, 2.45) is 0 Å². The van der Waals surface area contributed by atoms with E-state index in [1.807, 2.05) is 19.0 Å². The van der Waals surface area contributed by atoms with Gasteiger partial charge >= 0.3 is 5.69 Å². The van der Waals surface area contributed by atoms with Gasteiger partial charge < -0.3 is 10.6 Å². The molecule has 15 heavy (non-hydrogen) atoms. The van der Waals surface area contributed by atoms with Crippen LogP contribution in [0.1, 0.15) is 6.42 Å². The fourth-order valence-electron chi connectivity index (χ4n) is 1.31. The summed E-state index contributed by atoms with van der Waals surface area (Å²) in [5, 5.41) is 0. The highest BCUT2D eigenvalue weighted by Crippen LogP contribution is 1.95. The quantitative estimate of drug-likeness (QED) is 0.675. The first-order valence-electron chi connectivity index (χ1n) is 4.75. The molecule has 0 aliphatic rings. The molecule has 6 nitrogen and oxygen atoms in total. The summed E-state index contributed by atoms with van der Waals surface area (Å²) in [5.74, 6) is 0.211. The zero-order valence-corrected chi connectivity index (χ0v) is 8.99. The molecule has 84 valence electrons. The molecule has 0 atom stereocenters. The molecule has 1 aromatic rings. The van der Waals surface area contributed by atoms with Crippen molar-refractivity contribution in [1.82, 2.24) is 14.5 Å². The van der Waals surface area contributed by atoms with Crippen LogP contribution in [0.4, 0.5) is 5.82 Å². The largest absolute Gasteiger partial charge is 0.385 e. The van der Waals surface area contributed by atoms with Crippen LogP contribution in [0.3, 0.4) is 0 Å². The first-order valence-corrected chi connectivity index (χ1v) is 4.75. The van der Waals surface area contributed by atoms with E-state index in [1.165, 1.54) is 10.6 Å². The Morgan fingerprint density at radius 2 is 2.13 bits per heavy atom. The molecule has 1 aromatic heterocycles.